The Morgan fingerprint density at radius 1 is 1.09 bits per heavy atom. The maximum atomic E-state index is 13.1. The van der Waals surface area contributed by atoms with E-state index in [9.17, 15) is 18.0 Å². The number of fused-ring (bicyclic) bond motifs is 2. The number of amides is 1. The smallest absolute Gasteiger partial charge is 0.382 e. The first-order valence-electron chi connectivity index (χ1n) is 10.5. The van der Waals surface area contributed by atoms with E-state index in [4.69, 9.17) is 0 Å². The number of imidazole rings is 1. The molecule has 4 aromatic rings. The number of halogens is 3. The number of nitrogens with one attached hydrogen (secondary N) is 2. The maximum absolute atomic E-state index is 13.1. The van der Waals surface area contributed by atoms with Crippen LogP contribution in [0.25, 0.3) is 15.7 Å². The van der Waals surface area contributed by atoms with Gasteiger partial charge in [0, 0.05) is 46.4 Å². The lowest BCUT2D eigenvalue weighted by molar-refractivity contribution is -0.134. The highest BCUT2D eigenvalue weighted by atomic mass is 32.1. The number of hydrogen-bond acceptors (Lipinski definition) is 4. The molecule has 0 unspecified atom stereocenters. The van der Waals surface area contributed by atoms with E-state index < -0.39 is 11.1 Å². The van der Waals surface area contributed by atoms with E-state index in [1.807, 2.05) is 16.5 Å². The third kappa shape index (κ3) is 4.17. The molecule has 0 atom stereocenters. The lowest BCUT2D eigenvalue weighted by Gasteiger charge is -2.30. The monoisotopic (exact) mass is 458 g/mol. The number of pyridine rings is 1. The highest BCUT2D eigenvalue weighted by molar-refractivity contribution is 7.19. The van der Waals surface area contributed by atoms with Crippen molar-refractivity contribution in [2.45, 2.75) is 43.9 Å². The third-order valence-corrected chi connectivity index (χ3v) is 7.06. The lowest BCUT2D eigenvalue weighted by Crippen LogP contribution is -2.40. The number of hydrogen-bond donors (Lipinski definition) is 2. The molecule has 9 heteroatoms. The molecule has 1 aromatic carbocycles. The molecule has 5 nitrogen and oxygen atoms in total. The molecule has 32 heavy (non-hydrogen) atoms. The standard InChI is InChI=1S/C23H21F3N4OS/c24-23(25,26)20-12-17-18(2-1-3-19(17)32-20)28-15-5-7-16(8-6-15)29-22(31)14-4-9-21-27-10-11-30(21)13-14/h1-4,9-13,15-16,28H,5-8H2,(H,29,31)/t15-,16+. The molecule has 5 rings (SSSR count). The molecule has 0 aliphatic heterocycles. The van der Waals surface area contributed by atoms with Crippen LogP contribution < -0.4 is 10.6 Å². The number of carbonyl (C=O) groups excluding carboxylic acids is 1. The van der Waals surface area contributed by atoms with Crippen LogP contribution in [0.4, 0.5) is 18.9 Å². The first-order valence-corrected chi connectivity index (χ1v) is 11.3. The zero-order valence-electron chi connectivity index (χ0n) is 17.0. The molecule has 0 radical (unpaired) electrons. The Balaban J connectivity index is 1.20. The predicted octanol–water partition coefficient (Wildman–Crippen LogP) is 5.72. The van der Waals surface area contributed by atoms with Gasteiger partial charge in [-0.1, -0.05) is 6.07 Å². The van der Waals surface area contributed by atoms with Gasteiger partial charge in [0.05, 0.1) is 5.56 Å². The van der Waals surface area contributed by atoms with Crippen LogP contribution >= 0.6 is 11.3 Å². The summed E-state index contributed by atoms with van der Waals surface area (Å²) < 4.78 is 41.7. The van der Waals surface area contributed by atoms with Crippen LogP contribution in [0, 0.1) is 0 Å². The van der Waals surface area contributed by atoms with E-state index in [-0.39, 0.29) is 18.0 Å². The number of thiophene rings is 1. The average Bonchev–Trinajstić information content (AvgIpc) is 3.42. The summed E-state index contributed by atoms with van der Waals surface area (Å²) in [6.45, 7) is 0. The molecule has 1 saturated carbocycles. The van der Waals surface area contributed by atoms with Gasteiger partial charge in [-0.25, -0.2) is 4.98 Å². The maximum Gasteiger partial charge on any atom is 0.425 e. The second-order valence-corrected chi connectivity index (χ2v) is 9.19. The van der Waals surface area contributed by atoms with Crippen molar-refractivity contribution in [2.75, 3.05) is 5.32 Å². The molecule has 0 saturated heterocycles. The SMILES string of the molecule is O=C(N[C@H]1CC[C@@H](Nc2cccc3sc(C(F)(F)F)cc23)CC1)c1ccc2nccn2c1. The Bertz CT molecular complexity index is 1270. The van der Waals surface area contributed by atoms with Gasteiger partial charge in [0.2, 0.25) is 0 Å². The molecule has 2 N–H and O–H groups in total. The summed E-state index contributed by atoms with van der Waals surface area (Å²) >= 11 is 0.769. The van der Waals surface area contributed by atoms with E-state index in [1.165, 1.54) is 6.07 Å². The largest absolute Gasteiger partial charge is 0.425 e. The van der Waals surface area contributed by atoms with E-state index in [1.54, 1.807) is 36.8 Å². The first kappa shape index (κ1) is 20.8. The molecule has 0 bridgehead atoms. The van der Waals surface area contributed by atoms with Crippen LogP contribution in [0.2, 0.25) is 0 Å². The molecule has 1 amide bonds. The van der Waals surface area contributed by atoms with Crippen molar-refractivity contribution in [3.63, 3.8) is 0 Å². The summed E-state index contributed by atoms with van der Waals surface area (Å²) in [7, 11) is 0. The van der Waals surface area contributed by atoms with E-state index >= 15 is 0 Å². The highest BCUT2D eigenvalue weighted by Gasteiger charge is 2.33. The topological polar surface area (TPSA) is 58.4 Å². The molecule has 0 spiro atoms. The van der Waals surface area contributed by atoms with Gasteiger partial charge in [0.25, 0.3) is 5.91 Å². The van der Waals surface area contributed by atoms with Crippen molar-refractivity contribution in [1.82, 2.24) is 14.7 Å². The van der Waals surface area contributed by atoms with Gasteiger partial charge in [-0.2, -0.15) is 13.2 Å². The summed E-state index contributed by atoms with van der Waals surface area (Å²) in [4.78, 5) is 16.2. The van der Waals surface area contributed by atoms with E-state index in [0.717, 1.165) is 48.4 Å². The fourth-order valence-corrected chi connectivity index (χ4v) is 5.21. The van der Waals surface area contributed by atoms with Crippen LogP contribution in [0.1, 0.15) is 40.9 Å². The van der Waals surface area contributed by atoms with Gasteiger partial charge in [-0.15, -0.1) is 11.3 Å². The quantitative estimate of drug-likeness (QED) is 0.411. The summed E-state index contributed by atoms with van der Waals surface area (Å²) in [5.74, 6) is -0.111. The fraction of sp³-hybridized carbons (Fsp3) is 0.304. The van der Waals surface area contributed by atoms with Gasteiger partial charge >= 0.3 is 6.18 Å². The van der Waals surface area contributed by atoms with Crippen molar-refractivity contribution < 1.29 is 18.0 Å². The molecule has 1 aliphatic rings. The Hall–Kier alpha value is -3.07. The van der Waals surface area contributed by atoms with Crippen LogP contribution in [0.15, 0.2) is 55.0 Å². The number of alkyl halides is 3. The van der Waals surface area contributed by atoms with Gasteiger partial charge in [-0.3, -0.25) is 4.79 Å². The van der Waals surface area contributed by atoms with Crippen molar-refractivity contribution >= 4 is 38.7 Å². The van der Waals surface area contributed by atoms with Crippen molar-refractivity contribution in [3.05, 3.63) is 65.4 Å². The van der Waals surface area contributed by atoms with Gasteiger partial charge in [-0.05, 0) is 56.0 Å². The third-order valence-electron chi connectivity index (χ3n) is 5.91. The zero-order chi connectivity index (χ0) is 22.3. The lowest BCUT2D eigenvalue weighted by atomic mass is 9.90. The number of benzene rings is 1. The fourth-order valence-electron chi connectivity index (χ4n) is 4.25. The number of rotatable bonds is 4. The first-order chi connectivity index (χ1) is 15.4. The Morgan fingerprint density at radius 3 is 2.66 bits per heavy atom. The number of nitrogens with zero attached hydrogens (tertiary/aromatic N) is 2. The highest BCUT2D eigenvalue weighted by Crippen LogP contribution is 2.40. The average molecular weight is 459 g/mol. The second-order valence-electron chi connectivity index (χ2n) is 8.10. The Labute approximate surface area is 186 Å². The van der Waals surface area contributed by atoms with Crippen LogP contribution in [0.3, 0.4) is 0 Å². The summed E-state index contributed by atoms with van der Waals surface area (Å²) in [5, 5.41) is 7.14. The number of aromatic nitrogens is 2. The molecule has 3 heterocycles. The number of anilines is 1. The van der Waals surface area contributed by atoms with Crippen LogP contribution in [-0.2, 0) is 6.18 Å². The minimum Gasteiger partial charge on any atom is -0.382 e. The molecule has 3 aromatic heterocycles. The Morgan fingerprint density at radius 2 is 1.88 bits per heavy atom. The molecule has 1 aliphatic carbocycles. The van der Waals surface area contributed by atoms with Gasteiger partial charge < -0.3 is 15.0 Å². The summed E-state index contributed by atoms with van der Waals surface area (Å²) in [5.41, 5.74) is 2.10. The van der Waals surface area contributed by atoms with E-state index in [0.29, 0.717) is 15.6 Å². The minimum atomic E-state index is -4.33. The van der Waals surface area contributed by atoms with Crippen molar-refractivity contribution in [2.24, 2.45) is 0 Å². The minimum absolute atomic E-state index is 0.0767. The zero-order valence-corrected chi connectivity index (χ0v) is 17.8. The summed E-state index contributed by atoms with van der Waals surface area (Å²) in [6, 6.07) is 10.4. The van der Waals surface area contributed by atoms with Gasteiger partial charge in [0.15, 0.2) is 0 Å². The van der Waals surface area contributed by atoms with Gasteiger partial charge in [0.1, 0.15) is 10.5 Å². The van der Waals surface area contributed by atoms with Crippen LogP contribution in [0.5, 0.6) is 0 Å². The molecule has 1 fully saturated rings. The second kappa shape index (κ2) is 8.12. The van der Waals surface area contributed by atoms with Crippen LogP contribution in [-0.4, -0.2) is 27.4 Å². The predicted molar refractivity (Wildman–Crippen MR) is 119 cm³/mol. The number of carbonyl (C=O) groups is 1. The van der Waals surface area contributed by atoms with Crippen molar-refractivity contribution in [3.8, 4) is 0 Å². The Kier molecular flexibility index (Phi) is 5.28. The normalized spacial score (nSPS) is 19.3. The molecule has 166 valence electrons. The van der Waals surface area contributed by atoms with Crippen molar-refractivity contribution in [1.29, 1.82) is 0 Å². The molecular formula is C23H21F3N4OS. The van der Waals surface area contributed by atoms with E-state index in [2.05, 4.69) is 15.6 Å². The summed E-state index contributed by atoms with van der Waals surface area (Å²) in [6.07, 6.45) is 4.20. The molecular weight excluding hydrogens is 437 g/mol.